The summed E-state index contributed by atoms with van der Waals surface area (Å²) in [6.45, 7) is 0.621. The third-order valence-corrected chi connectivity index (χ3v) is 5.21. The van der Waals surface area contributed by atoms with Crippen molar-refractivity contribution in [2.75, 3.05) is 12.3 Å². The predicted molar refractivity (Wildman–Crippen MR) is 97.2 cm³/mol. The molecule has 0 bridgehead atoms. The van der Waals surface area contributed by atoms with E-state index < -0.39 is 6.10 Å². The molecule has 5 heteroatoms. The number of hydrogen-bond acceptors (Lipinski definition) is 3. The molecule has 0 spiro atoms. The van der Waals surface area contributed by atoms with E-state index in [0.29, 0.717) is 13.0 Å². The van der Waals surface area contributed by atoms with Crippen LogP contribution in [-0.2, 0) is 6.42 Å². The van der Waals surface area contributed by atoms with Crippen molar-refractivity contribution in [1.82, 2.24) is 10.6 Å². The third kappa shape index (κ3) is 4.30. The molecule has 1 aliphatic rings. The third-order valence-electron chi connectivity index (χ3n) is 4.11. The van der Waals surface area contributed by atoms with Crippen LogP contribution in [0.3, 0.4) is 0 Å². The van der Waals surface area contributed by atoms with Gasteiger partial charge in [0.25, 0.3) is 0 Å². The number of hydrogen-bond donors (Lipinski definition) is 3. The van der Waals surface area contributed by atoms with Gasteiger partial charge in [-0.25, -0.2) is 4.79 Å². The molecular weight excluding hydrogens is 320 g/mol. The Kier molecular flexibility index (Phi) is 5.77. The lowest BCUT2D eigenvalue weighted by atomic mass is 10.1. The Morgan fingerprint density at radius 2 is 1.88 bits per heavy atom. The van der Waals surface area contributed by atoms with Crippen LogP contribution in [-0.4, -0.2) is 29.5 Å². The number of carbonyl (C=O) groups is 1. The van der Waals surface area contributed by atoms with Crippen LogP contribution < -0.4 is 10.6 Å². The molecule has 0 fully saturated rings. The maximum Gasteiger partial charge on any atom is 0.315 e. The molecule has 0 heterocycles. The number of thioether (sulfide) groups is 1. The molecule has 0 saturated carbocycles. The molecule has 0 aliphatic heterocycles. The normalized spacial score (nSPS) is 18.9. The van der Waals surface area contributed by atoms with E-state index in [0.717, 1.165) is 23.3 Å². The molecule has 1 aliphatic carbocycles. The first-order valence-corrected chi connectivity index (χ1v) is 9.20. The Morgan fingerprint density at radius 1 is 1.12 bits per heavy atom. The summed E-state index contributed by atoms with van der Waals surface area (Å²) in [7, 11) is 0. The second-order valence-electron chi connectivity index (χ2n) is 5.86. The minimum Gasteiger partial charge on any atom is -0.390 e. The molecule has 2 amide bonds. The van der Waals surface area contributed by atoms with Gasteiger partial charge in [-0.1, -0.05) is 42.5 Å². The first-order valence-electron chi connectivity index (χ1n) is 8.22. The van der Waals surface area contributed by atoms with E-state index >= 15 is 0 Å². The monoisotopic (exact) mass is 342 g/mol. The summed E-state index contributed by atoms with van der Waals surface area (Å²) in [4.78, 5) is 13.3. The van der Waals surface area contributed by atoms with Crippen LogP contribution in [0.4, 0.5) is 4.79 Å². The fourth-order valence-corrected chi connectivity index (χ4v) is 3.79. The molecule has 24 heavy (non-hydrogen) atoms. The minimum atomic E-state index is -0.554. The molecule has 3 N–H and O–H groups in total. The van der Waals surface area contributed by atoms with E-state index in [9.17, 15) is 9.90 Å². The van der Waals surface area contributed by atoms with Gasteiger partial charge in [-0.2, -0.15) is 0 Å². The zero-order valence-corrected chi connectivity index (χ0v) is 14.3. The molecule has 0 radical (unpaired) electrons. The molecule has 126 valence electrons. The van der Waals surface area contributed by atoms with Gasteiger partial charge >= 0.3 is 6.03 Å². The van der Waals surface area contributed by atoms with E-state index in [1.807, 2.05) is 42.5 Å². The summed E-state index contributed by atoms with van der Waals surface area (Å²) >= 11 is 1.78. The van der Waals surface area contributed by atoms with Crippen molar-refractivity contribution in [3.8, 4) is 0 Å². The topological polar surface area (TPSA) is 61.4 Å². The maximum absolute atomic E-state index is 12.0. The van der Waals surface area contributed by atoms with Gasteiger partial charge in [0.15, 0.2) is 0 Å². The van der Waals surface area contributed by atoms with Crippen molar-refractivity contribution in [3.05, 3.63) is 65.7 Å². The molecule has 2 atom stereocenters. The highest BCUT2D eigenvalue weighted by atomic mass is 32.2. The van der Waals surface area contributed by atoms with Crippen molar-refractivity contribution in [1.29, 1.82) is 0 Å². The van der Waals surface area contributed by atoms with Crippen LogP contribution >= 0.6 is 11.8 Å². The molecule has 3 rings (SSSR count). The zero-order chi connectivity index (χ0) is 16.8. The maximum atomic E-state index is 12.0. The van der Waals surface area contributed by atoms with Gasteiger partial charge < -0.3 is 15.7 Å². The van der Waals surface area contributed by atoms with E-state index in [-0.39, 0.29) is 12.1 Å². The quantitative estimate of drug-likeness (QED) is 0.558. The first-order chi connectivity index (χ1) is 11.7. The summed E-state index contributed by atoms with van der Waals surface area (Å²) < 4.78 is 0. The van der Waals surface area contributed by atoms with Crippen LogP contribution in [0, 0.1) is 0 Å². The van der Waals surface area contributed by atoms with Gasteiger partial charge in [0.05, 0.1) is 12.1 Å². The molecule has 2 aromatic carbocycles. The summed E-state index contributed by atoms with van der Waals surface area (Å²) in [6.07, 6.45) is 0.938. The van der Waals surface area contributed by atoms with Gasteiger partial charge in [-0.3, -0.25) is 0 Å². The van der Waals surface area contributed by atoms with E-state index in [2.05, 4.69) is 22.8 Å². The number of rotatable bonds is 6. The van der Waals surface area contributed by atoms with E-state index in [4.69, 9.17) is 0 Å². The SMILES string of the molecule is O=C(NCCCSc1ccccc1)N[C@@H]1c2ccccc2C[C@@H]1O. The fourth-order valence-electron chi connectivity index (χ4n) is 2.92. The second kappa shape index (κ2) is 8.22. The number of aliphatic hydroxyl groups is 1. The lowest BCUT2D eigenvalue weighted by Crippen LogP contribution is -2.41. The van der Waals surface area contributed by atoms with Crippen molar-refractivity contribution in [2.24, 2.45) is 0 Å². The Morgan fingerprint density at radius 3 is 2.71 bits per heavy atom. The number of amides is 2. The molecule has 2 aromatic rings. The second-order valence-corrected chi connectivity index (χ2v) is 7.03. The van der Waals surface area contributed by atoms with Crippen LogP contribution in [0.1, 0.15) is 23.6 Å². The minimum absolute atomic E-state index is 0.222. The highest BCUT2D eigenvalue weighted by Crippen LogP contribution is 2.31. The fraction of sp³-hybridized carbons (Fsp3) is 0.316. The lowest BCUT2D eigenvalue weighted by molar-refractivity contribution is 0.142. The zero-order valence-electron chi connectivity index (χ0n) is 13.4. The summed E-state index contributed by atoms with van der Waals surface area (Å²) in [5, 5.41) is 15.9. The predicted octanol–water partition coefficient (Wildman–Crippen LogP) is 3.13. The van der Waals surface area contributed by atoms with Crippen molar-refractivity contribution < 1.29 is 9.90 Å². The molecule has 0 unspecified atom stereocenters. The first kappa shape index (κ1) is 16.9. The van der Waals surface area contributed by atoms with Gasteiger partial charge in [-0.15, -0.1) is 11.8 Å². The number of aliphatic hydroxyl groups excluding tert-OH is 1. The molecule has 4 nitrogen and oxygen atoms in total. The molecule has 0 saturated heterocycles. The van der Waals surface area contributed by atoms with Gasteiger partial charge in [0, 0.05) is 17.9 Å². The lowest BCUT2D eigenvalue weighted by Gasteiger charge is -2.18. The van der Waals surface area contributed by atoms with Gasteiger partial charge in [-0.05, 0) is 35.4 Å². The van der Waals surface area contributed by atoms with Crippen LogP contribution in [0.5, 0.6) is 0 Å². The van der Waals surface area contributed by atoms with Crippen molar-refractivity contribution in [2.45, 2.75) is 29.9 Å². The Balaban J connectivity index is 1.39. The highest BCUT2D eigenvalue weighted by molar-refractivity contribution is 7.99. The standard InChI is InChI=1S/C19H22N2O2S/c22-17-13-14-7-4-5-10-16(14)18(17)21-19(23)20-11-6-12-24-15-8-2-1-3-9-15/h1-5,7-10,17-18,22H,6,11-13H2,(H2,20,21,23)/t17-,18+/m0/s1. The number of fused-ring (bicyclic) bond motifs is 1. The number of carbonyl (C=O) groups excluding carboxylic acids is 1. The van der Waals surface area contributed by atoms with Crippen LogP contribution in [0.25, 0.3) is 0 Å². The smallest absolute Gasteiger partial charge is 0.315 e. The molecule has 0 aromatic heterocycles. The largest absolute Gasteiger partial charge is 0.390 e. The van der Waals surface area contributed by atoms with Gasteiger partial charge in [0.1, 0.15) is 0 Å². The van der Waals surface area contributed by atoms with Crippen molar-refractivity contribution in [3.63, 3.8) is 0 Å². The van der Waals surface area contributed by atoms with Crippen LogP contribution in [0.2, 0.25) is 0 Å². The summed E-state index contributed by atoms with van der Waals surface area (Å²) in [5.41, 5.74) is 2.12. The van der Waals surface area contributed by atoms with E-state index in [1.165, 1.54) is 4.90 Å². The Labute approximate surface area is 146 Å². The highest BCUT2D eigenvalue weighted by Gasteiger charge is 2.31. The summed E-state index contributed by atoms with van der Waals surface area (Å²) in [6, 6.07) is 17.5. The average Bonchev–Trinajstić information content (AvgIpc) is 2.91. The number of urea groups is 1. The number of nitrogens with one attached hydrogen (secondary N) is 2. The number of benzene rings is 2. The Hall–Kier alpha value is -1.98. The van der Waals surface area contributed by atoms with E-state index in [1.54, 1.807) is 11.8 Å². The summed E-state index contributed by atoms with van der Waals surface area (Å²) in [5.74, 6) is 0.958. The van der Waals surface area contributed by atoms with Gasteiger partial charge in [0.2, 0.25) is 0 Å². The molecular formula is C19H22N2O2S. The average molecular weight is 342 g/mol. The van der Waals surface area contributed by atoms with Crippen LogP contribution in [0.15, 0.2) is 59.5 Å². The van der Waals surface area contributed by atoms with Crippen molar-refractivity contribution >= 4 is 17.8 Å². The Bertz CT molecular complexity index is 678.